The minimum atomic E-state index is -0.454. The summed E-state index contributed by atoms with van der Waals surface area (Å²) in [6.45, 7) is 0. The molecule has 0 saturated heterocycles. The van der Waals surface area contributed by atoms with Crippen LogP contribution < -0.4 is 5.43 Å². The zero-order valence-electron chi connectivity index (χ0n) is 16.2. The Bertz CT molecular complexity index is 1320. The summed E-state index contributed by atoms with van der Waals surface area (Å²) in [5.41, 5.74) is 4.64. The summed E-state index contributed by atoms with van der Waals surface area (Å²) in [7, 11) is 0. The number of carbonyl (C=O) groups is 1. The van der Waals surface area contributed by atoms with E-state index in [1.54, 1.807) is 30.3 Å². The number of benzene rings is 3. The topological polar surface area (TPSA) is 113 Å². The maximum absolute atomic E-state index is 12.3. The Morgan fingerprint density at radius 2 is 1.81 bits per heavy atom. The van der Waals surface area contributed by atoms with Crippen molar-refractivity contribution in [3.63, 3.8) is 0 Å². The standard InChI is InChI=1S/C23H17N5O3/c29-23(27-24-13-5-9-17-7-3-4-10-22(17)28(30)31)21-15-20(25-26-21)19-12-11-16-6-1-2-8-18(16)14-19/h1-15H,(H,25,26)(H,27,29)/b9-5-,24-13?. The predicted molar refractivity (Wildman–Crippen MR) is 120 cm³/mol. The molecule has 4 aromatic rings. The van der Waals surface area contributed by atoms with Gasteiger partial charge in [-0.3, -0.25) is 20.0 Å². The molecule has 2 N–H and O–H groups in total. The lowest BCUT2D eigenvalue weighted by atomic mass is 10.1. The summed E-state index contributed by atoms with van der Waals surface area (Å²) in [6, 6.07) is 22.0. The van der Waals surface area contributed by atoms with Gasteiger partial charge in [-0.2, -0.15) is 10.2 Å². The summed E-state index contributed by atoms with van der Waals surface area (Å²) in [4.78, 5) is 22.8. The molecular weight excluding hydrogens is 394 g/mol. The number of hydrogen-bond donors (Lipinski definition) is 2. The van der Waals surface area contributed by atoms with Crippen molar-refractivity contribution in [3.05, 3.63) is 100 Å². The molecular formula is C23H17N5O3. The molecule has 4 rings (SSSR count). The number of allylic oxidation sites excluding steroid dienone is 1. The van der Waals surface area contributed by atoms with Crippen molar-refractivity contribution in [2.75, 3.05) is 0 Å². The highest BCUT2D eigenvalue weighted by Crippen LogP contribution is 2.23. The van der Waals surface area contributed by atoms with Crippen LogP contribution in [-0.4, -0.2) is 27.2 Å². The maximum atomic E-state index is 12.3. The molecule has 8 nitrogen and oxygen atoms in total. The molecule has 0 atom stereocenters. The molecule has 0 bridgehead atoms. The molecule has 3 aromatic carbocycles. The number of aromatic amines is 1. The Hall–Kier alpha value is -4.59. The minimum Gasteiger partial charge on any atom is -0.272 e. The van der Waals surface area contributed by atoms with E-state index in [0.29, 0.717) is 11.3 Å². The van der Waals surface area contributed by atoms with Crippen LogP contribution in [0.15, 0.2) is 84.0 Å². The van der Waals surface area contributed by atoms with E-state index in [4.69, 9.17) is 0 Å². The molecule has 0 unspecified atom stereocenters. The molecule has 1 aromatic heterocycles. The Morgan fingerprint density at radius 1 is 1.03 bits per heavy atom. The van der Waals surface area contributed by atoms with E-state index in [-0.39, 0.29) is 11.4 Å². The van der Waals surface area contributed by atoms with Gasteiger partial charge in [0.05, 0.1) is 16.2 Å². The van der Waals surface area contributed by atoms with Crippen LogP contribution in [0.2, 0.25) is 0 Å². The van der Waals surface area contributed by atoms with Gasteiger partial charge in [-0.15, -0.1) is 0 Å². The molecule has 0 aliphatic rings. The first-order chi connectivity index (χ1) is 15.1. The number of para-hydroxylation sites is 1. The van der Waals surface area contributed by atoms with Gasteiger partial charge in [-0.25, -0.2) is 5.43 Å². The van der Waals surface area contributed by atoms with Gasteiger partial charge in [-0.1, -0.05) is 48.5 Å². The summed E-state index contributed by atoms with van der Waals surface area (Å²) >= 11 is 0. The molecule has 0 aliphatic carbocycles. The zero-order chi connectivity index (χ0) is 21.6. The number of nitro benzene ring substituents is 1. The summed E-state index contributed by atoms with van der Waals surface area (Å²) in [5.74, 6) is -0.449. The highest BCUT2D eigenvalue weighted by molar-refractivity contribution is 5.94. The van der Waals surface area contributed by atoms with Gasteiger partial charge in [0.2, 0.25) is 0 Å². The molecule has 152 valence electrons. The number of aromatic nitrogens is 2. The van der Waals surface area contributed by atoms with Gasteiger partial charge in [0.15, 0.2) is 0 Å². The number of amides is 1. The van der Waals surface area contributed by atoms with Crippen molar-refractivity contribution in [1.82, 2.24) is 15.6 Å². The Labute approximate surface area is 177 Å². The fraction of sp³-hybridized carbons (Fsp3) is 0. The Kier molecular flexibility index (Phi) is 5.62. The first-order valence-electron chi connectivity index (χ1n) is 9.40. The van der Waals surface area contributed by atoms with E-state index < -0.39 is 10.8 Å². The molecule has 1 heterocycles. The van der Waals surface area contributed by atoms with E-state index in [2.05, 4.69) is 20.7 Å². The van der Waals surface area contributed by atoms with E-state index in [1.807, 2.05) is 42.5 Å². The second kappa shape index (κ2) is 8.83. The fourth-order valence-electron chi connectivity index (χ4n) is 3.08. The van der Waals surface area contributed by atoms with Crippen molar-refractivity contribution >= 4 is 34.7 Å². The number of nitrogens with zero attached hydrogens (tertiary/aromatic N) is 3. The van der Waals surface area contributed by atoms with Crippen LogP contribution in [-0.2, 0) is 0 Å². The van der Waals surface area contributed by atoms with Crippen LogP contribution in [0.4, 0.5) is 5.69 Å². The first kappa shape index (κ1) is 19.7. The van der Waals surface area contributed by atoms with Crippen molar-refractivity contribution in [2.45, 2.75) is 0 Å². The van der Waals surface area contributed by atoms with Gasteiger partial charge in [-0.05, 0) is 41.1 Å². The quantitative estimate of drug-likeness (QED) is 0.275. The molecule has 1 amide bonds. The van der Waals surface area contributed by atoms with Crippen molar-refractivity contribution in [1.29, 1.82) is 0 Å². The van der Waals surface area contributed by atoms with Crippen LogP contribution >= 0.6 is 0 Å². The number of fused-ring (bicyclic) bond motifs is 1. The molecule has 0 aliphatic heterocycles. The van der Waals surface area contributed by atoms with Crippen molar-refractivity contribution in [2.24, 2.45) is 5.10 Å². The van der Waals surface area contributed by atoms with Gasteiger partial charge < -0.3 is 0 Å². The van der Waals surface area contributed by atoms with Gasteiger partial charge in [0.25, 0.3) is 11.6 Å². The predicted octanol–water partition coefficient (Wildman–Crippen LogP) is 4.57. The number of nitro groups is 1. The zero-order valence-corrected chi connectivity index (χ0v) is 16.2. The minimum absolute atomic E-state index is 0.00475. The normalized spacial score (nSPS) is 11.4. The number of H-pyrrole nitrogens is 1. The second-order valence-corrected chi connectivity index (χ2v) is 6.62. The van der Waals surface area contributed by atoms with Crippen LogP contribution in [0.25, 0.3) is 28.1 Å². The molecule has 31 heavy (non-hydrogen) atoms. The third-order valence-electron chi connectivity index (χ3n) is 4.60. The molecule has 0 radical (unpaired) electrons. The van der Waals surface area contributed by atoms with E-state index in [0.717, 1.165) is 16.3 Å². The molecule has 0 spiro atoms. The lowest BCUT2D eigenvalue weighted by molar-refractivity contribution is -0.385. The third-order valence-corrected chi connectivity index (χ3v) is 4.60. The maximum Gasteiger partial charge on any atom is 0.289 e. The van der Waals surface area contributed by atoms with Gasteiger partial charge in [0.1, 0.15) is 5.69 Å². The Morgan fingerprint density at radius 3 is 2.65 bits per heavy atom. The summed E-state index contributed by atoms with van der Waals surface area (Å²) in [5, 5.41) is 24.0. The fourth-order valence-corrected chi connectivity index (χ4v) is 3.08. The van der Waals surface area contributed by atoms with E-state index in [1.165, 1.54) is 18.4 Å². The average molecular weight is 411 g/mol. The average Bonchev–Trinajstić information content (AvgIpc) is 3.29. The van der Waals surface area contributed by atoms with E-state index in [9.17, 15) is 14.9 Å². The summed E-state index contributed by atoms with van der Waals surface area (Å²) < 4.78 is 0. The number of nitrogens with one attached hydrogen (secondary N) is 2. The SMILES string of the molecule is O=C(NN=C/C=C\c1ccccc1[N+](=O)[O-])c1cc(-c2ccc3ccccc3c2)n[nH]1. The van der Waals surface area contributed by atoms with Gasteiger partial charge >= 0.3 is 0 Å². The smallest absolute Gasteiger partial charge is 0.272 e. The highest BCUT2D eigenvalue weighted by atomic mass is 16.6. The highest BCUT2D eigenvalue weighted by Gasteiger charge is 2.11. The van der Waals surface area contributed by atoms with Crippen molar-refractivity contribution in [3.8, 4) is 11.3 Å². The van der Waals surface area contributed by atoms with Crippen LogP contribution in [0.5, 0.6) is 0 Å². The van der Waals surface area contributed by atoms with Crippen LogP contribution in [0, 0.1) is 10.1 Å². The molecule has 0 saturated carbocycles. The van der Waals surface area contributed by atoms with Gasteiger partial charge in [0, 0.05) is 17.8 Å². The largest absolute Gasteiger partial charge is 0.289 e. The van der Waals surface area contributed by atoms with Crippen molar-refractivity contribution < 1.29 is 9.72 Å². The molecule has 8 heteroatoms. The lowest BCUT2D eigenvalue weighted by Gasteiger charge is -2.00. The Balaban J connectivity index is 1.40. The second-order valence-electron chi connectivity index (χ2n) is 6.62. The lowest BCUT2D eigenvalue weighted by Crippen LogP contribution is -2.17. The first-order valence-corrected chi connectivity index (χ1v) is 9.40. The van der Waals surface area contributed by atoms with E-state index >= 15 is 0 Å². The number of carbonyl (C=O) groups excluding carboxylic acids is 1. The number of hydrazone groups is 1. The third kappa shape index (κ3) is 4.54. The molecule has 0 fully saturated rings. The number of hydrogen-bond acceptors (Lipinski definition) is 5. The van der Waals surface area contributed by atoms with Crippen LogP contribution in [0.3, 0.4) is 0 Å². The van der Waals surface area contributed by atoms with Crippen LogP contribution in [0.1, 0.15) is 16.1 Å². The monoisotopic (exact) mass is 411 g/mol. The summed E-state index contributed by atoms with van der Waals surface area (Å²) in [6.07, 6.45) is 4.40. The number of rotatable bonds is 6.